The average Bonchev–Trinajstić information content (AvgIpc) is 2.40. The van der Waals surface area contributed by atoms with Gasteiger partial charge >= 0.3 is 0 Å². The highest BCUT2D eigenvalue weighted by Gasteiger charge is 2.24. The fourth-order valence-electron chi connectivity index (χ4n) is 2.85. The number of hydrogen-bond donors (Lipinski definition) is 0. The first-order chi connectivity index (χ1) is 8.74. The fraction of sp³-hybridized carbons (Fsp3) is 1.00. The van der Waals surface area contributed by atoms with Crippen LogP contribution in [0.1, 0.15) is 85.5 Å². The Morgan fingerprint density at radius 3 is 1.11 bits per heavy atom. The molecule has 0 radical (unpaired) electrons. The van der Waals surface area contributed by atoms with Crippen LogP contribution in [-0.4, -0.2) is 30.7 Å². The van der Waals surface area contributed by atoms with Gasteiger partial charge in [-0.25, -0.2) is 0 Å². The van der Waals surface area contributed by atoms with Gasteiger partial charge in [0.25, 0.3) is 0 Å². The third kappa shape index (κ3) is 11.1. The zero-order chi connectivity index (χ0) is 13.7. The SMILES string of the molecule is CCCCC[N+](CCCC)(CCCC)CCCC.[I-]. The van der Waals surface area contributed by atoms with Crippen LogP contribution in [0.15, 0.2) is 0 Å². The summed E-state index contributed by atoms with van der Waals surface area (Å²) in [6, 6.07) is 0. The number of nitrogens with zero attached hydrogens (tertiary/aromatic N) is 1. The minimum absolute atomic E-state index is 0. The molecule has 1 nitrogen and oxygen atoms in total. The molecule has 118 valence electrons. The highest BCUT2D eigenvalue weighted by atomic mass is 127. The predicted molar refractivity (Wildman–Crippen MR) is 84.0 cm³/mol. The highest BCUT2D eigenvalue weighted by Crippen LogP contribution is 2.16. The maximum atomic E-state index is 2.33. The predicted octanol–water partition coefficient (Wildman–Crippen LogP) is 2.40. The molecule has 0 aromatic carbocycles. The van der Waals surface area contributed by atoms with E-state index < -0.39 is 0 Å². The Balaban J connectivity index is 0. The van der Waals surface area contributed by atoms with Crippen LogP contribution in [0.4, 0.5) is 0 Å². The van der Waals surface area contributed by atoms with Crippen molar-refractivity contribution in [3.8, 4) is 0 Å². The summed E-state index contributed by atoms with van der Waals surface area (Å²) in [5.74, 6) is 0. The lowest BCUT2D eigenvalue weighted by molar-refractivity contribution is -0.929. The molecule has 0 aromatic rings. The van der Waals surface area contributed by atoms with Crippen LogP contribution in [0.5, 0.6) is 0 Å². The summed E-state index contributed by atoms with van der Waals surface area (Å²) in [7, 11) is 0. The van der Waals surface area contributed by atoms with Gasteiger partial charge in [0.05, 0.1) is 26.2 Å². The second-order valence-electron chi connectivity index (χ2n) is 6.00. The summed E-state index contributed by atoms with van der Waals surface area (Å²) < 4.78 is 1.43. The van der Waals surface area contributed by atoms with Crippen molar-refractivity contribution in [3.05, 3.63) is 0 Å². The fourth-order valence-corrected chi connectivity index (χ4v) is 2.85. The van der Waals surface area contributed by atoms with Gasteiger partial charge < -0.3 is 28.5 Å². The molecule has 0 aliphatic heterocycles. The van der Waals surface area contributed by atoms with Gasteiger partial charge in [0, 0.05) is 0 Å². The summed E-state index contributed by atoms with van der Waals surface area (Å²) in [6.07, 6.45) is 12.5. The first kappa shape index (κ1) is 22.0. The Morgan fingerprint density at radius 2 is 0.789 bits per heavy atom. The van der Waals surface area contributed by atoms with Gasteiger partial charge in [-0.05, 0) is 32.1 Å². The number of hydrogen-bond acceptors (Lipinski definition) is 0. The Kier molecular flexibility index (Phi) is 17.5. The maximum absolute atomic E-state index is 2.33. The molecular formula is C17H38IN. The van der Waals surface area contributed by atoms with Crippen molar-refractivity contribution in [1.29, 1.82) is 0 Å². The van der Waals surface area contributed by atoms with E-state index in [9.17, 15) is 0 Å². The summed E-state index contributed by atoms with van der Waals surface area (Å²) in [5, 5.41) is 0. The molecule has 0 unspecified atom stereocenters. The van der Waals surface area contributed by atoms with Crippen molar-refractivity contribution in [2.24, 2.45) is 0 Å². The van der Waals surface area contributed by atoms with E-state index in [0.717, 1.165) is 0 Å². The van der Waals surface area contributed by atoms with Crippen molar-refractivity contribution in [2.75, 3.05) is 26.2 Å². The van der Waals surface area contributed by atoms with Gasteiger partial charge in [0.2, 0.25) is 0 Å². The monoisotopic (exact) mass is 383 g/mol. The van der Waals surface area contributed by atoms with E-state index in [0.29, 0.717) is 0 Å². The first-order valence-corrected chi connectivity index (χ1v) is 8.59. The highest BCUT2D eigenvalue weighted by molar-refractivity contribution is 4.50. The third-order valence-electron chi connectivity index (χ3n) is 4.19. The third-order valence-corrected chi connectivity index (χ3v) is 4.19. The summed E-state index contributed by atoms with van der Waals surface area (Å²) in [6.45, 7) is 15.0. The van der Waals surface area contributed by atoms with Crippen molar-refractivity contribution in [3.63, 3.8) is 0 Å². The minimum Gasteiger partial charge on any atom is -1.00 e. The summed E-state index contributed by atoms with van der Waals surface area (Å²) in [4.78, 5) is 0. The van der Waals surface area contributed by atoms with Crippen LogP contribution < -0.4 is 24.0 Å². The van der Waals surface area contributed by atoms with Gasteiger partial charge in [-0.1, -0.05) is 53.4 Å². The van der Waals surface area contributed by atoms with Gasteiger partial charge in [-0.3, -0.25) is 0 Å². The second kappa shape index (κ2) is 15.1. The molecular weight excluding hydrogens is 345 g/mol. The molecule has 0 saturated heterocycles. The second-order valence-corrected chi connectivity index (χ2v) is 6.00. The zero-order valence-electron chi connectivity index (χ0n) is 14.0. The lowest BCUT2D eigenvalue weighted by Crippen LogP contribution is -3.00. The molecule has 0 aliphatic carbocycles. The van der Waals surface area contributed by atoms with E-state index in [1.54, 1.807) is 0 Å². The number of rotatable bonds is 13. The van der Waals surface area contributed by atoms with Crippen molar-refractivity contribution in [1.82, 2.24) is 0 Å². The lowest BCUT2D eigenvalue weighted by atomic mass is 10.1. The molecule has 0 rings (SSSR count). The molecule has 0 atom stereocenters. The molecule has 0 aromatic heterocycles. The minimum atomic E-state index is 0. The van der Waals surface area contributed by atoms with E-state index in [-0.39, 0.29) is 24.0 Å². The number of unbranched alkanes of at least 4 members (excludes halogenated alkanes) is 5. The van der Waals surface area contributed by atoms with Crippen LogP contribution in [0.25, 0.3) is 0 Å². The van der Waals surface area contributed by atoms with E-state index in [1.165, 1.54) is 88.4 Å². The van der Waals surface area contributed by atoms with Crippen molar-refractivity contribution < 1.29 is 28.5 Å². The quantitative estimate of drug-likeness (QED) is 0.260. The molecule has 0 fully saturated rings. The van der Waals surface area contributed by atoms with Crippen molar-refractivity contribution >= 4 is 0 Å². The van der Waals surface area contributed by atoms with Gasteiger partial charge in [0.1, 0.15) is 0 Å². The van der Waals surface area contributed by atoms with Crippen molar-refractivity contribution in [2.45, 2.75) is 85.5 Å². The normalized spacial score (nSPS) is 11.4. The number of halogens is 1. The molecule has 2 heteroatoms. The smallest absolute Gasteiger partial charge is 0.0786 e. The summed E-state index contributed by atoms with van der Waals surface area (Å²) in [5.41, 5.74) is 0. The molecule has 0 saturated carbocycles. The van der Waals surface area contributed by atoms with Crippen LogP contribution in [-0.2, 0) is 0 Å². The maximum Gasteiger partial charge on any atom is 0.0786 e. The van der Waals surface area contributed by atoms with E-state index >= 15 is 0 Å². The van der Waals surface area contributed by atoms with Crippen LogP contribution in [0, 0.1) is 0 Å². The molecule has 0 amide bonds. The molecule has 0 heterocycles. The first-order valence-electron chi connectivity index (χ1n) is 8.59. The molecule has 19 heavy (non-hydrogen) atoms. The van der Waals surface area contributed by atoms with Crippen LogP contribution in [0.2, 0.25) is 0 Å². The Bertz CT molecular complexity index is 149. The van der Waals surface area contributed by atoms with E-state index in [1.807, 2.05) is 0 Å². The average molecular weight is 383 g/mol. The van der Waals surface area contributed by atoms with Crippen LogP contribution in [0.3, 0.4) is 0 Å². The van der Waals surface area contributed by atoms with E-state index in [4.69, 9.17) is 0 Å². The van der Waals surface area contributed by atoms with Gasteiger partial charge in [0.15, 0.2) is 0 Å². The Hall–Kier alpha value is 0.690. The largest absolute Gasteiger partial charge is 1.00 e. The van der Waals surface area contributed by atoms with Gasteiger partial charge in [-0.15, -0.1) is 0 Å². The topological polar surface area (TPSA) is 0 Å². The molecule has 0 spiro atoms. The van der Waals surface area contributed by atoms with Gasteiger partial charge in [-0.2, -0.15) is 0 Å². The lowest BCUT2D eigenvalue weighted by Gasteiger charge is -2.39. The molecule has 0 aliphatic rings. The number of quaternary nitrogens is 1. The zero-order valence-corrected chi connectivity index (χ0v) is 16.2. The molecule has 0 bridgehead atoms. The Labute approximate surface area is 140 Å². The Morgan fingerprint density at radius 1 is 0.474 bits per heavy atom. The standard InChI is InChI=1S/C17H38N.HI/c1-5-9-13-17-18(14-10-6-2,15-11-7-3)16-12-8-4;/h5-17H2,1-4H3;1H/q+1;/p-1. The van der Waals surface area contributed by atoms with Crippen LogP contribution >= 0.6 is 0 Å². The summed E-state index contributed by atoms with van der Waals surface area (Å²) >= 11 is 0. The van der Waals surface area contributed by atoms with E-state index in [2.05, 4.69) is 27.7 Å². The molecule has 0 N–H and O–H groups in total.